The highest BCUT2D eigenvalue weighted by molar-refractivity contribution is 6.08. The van der Waals surface area contributed by atoms with Crippen LogP contribution in [0.25, 0.3) is 6.08 Å². The molecule has 31 heavy (non-hydrogen) atoms. The van der Waals surface area contributed by atoms with Crippen LogP contribution in [0.2, 0.25) is 0 Å². The number of allylic oxidation sites excluding steroid dienone is 1. The lowest BCUT2D eigenvalue weighted by molar-refractivity contribution is -0.154. The molecule has 5 heteroatoms. The molecule has 0 spiro atoms. The van der Waals surface area contributed by atoms with Crippen molar-refractivity contribution in [2.45, 2.75) is 38.1 Å². The standard InChI is InChI=1S/C26H26N2O3/c29-23(17-31-26(30)20-14-15-20)28-25(19-10-5-2-6-11-19)22-13-7-12-21(24(22)27-28)16-18-8-3-1-4-9-18/h1-6,8-11,16,20,22,25H,7,12-15,17H2. The number of benzene rings is 2. The number of esters is 1. The van der Waals surface area contributed by atoms with E-state index in [1.165, 1.54) is 5.57 Å². The Balaban J connectivity index is 1.45. The number of carbonyl (C=O) groups excluding carboxylic acids is 2. The largest absolute Gasteiger partial charge is 0.455 e. The quantitative estimate of drug-likeness (QED) is 0.663. The molecule has 0 radical (unpaired) electrons. The van der Waals surface area contributed by atoms with Crippen LogP contribution in [0.15, 0.2) is 71.3 Å². The Kier molecular flexibility index (Phi) is 5.41. The van der Waals surface area contributed by atoms with Crippen molar-refractivity contribution >= 4 is 23.7 Å². The lowest BCUT2D eigenvalue weighted by Crippen LogP contribution is -2.34. The Morgan fingerprint density at radius 1 is 1.00 bits per heavy atom. The van der Waals surface area contributed by atoms with Gasteiger partial charge in [0.1, 0.15) is 0 Å². The maximum atomic E-state index is 13.1. The number of hydrogen-bond acceptors (Lipinski definition) is 4. The van der Waals surface area contributed by atoms with Crippen molar-refractivity contribution in [3.8, 4) is 0 Å². The van der Waals surface area contributed by atoms with Gasteiger partial charge in [-0.2, -0.15) is 5.10 Å². The monoisotopic (exact) mass is 414 g/mol. The van der Waals surface area contributed by atoms with Crippen LogP contribution in [0.4, 0.5) is 0 Å². The van der Waals surface area contributed by atoms with Gasteiger partial charge < -0.3 is 4.74 Å². The van der Waals surface area contributed by atoms with Gasteiger partial charge in [0, 0.05) is 5.92 Å². The highest BCUT2D eigenvalue weighted by atomic mass is 16.5. The second-order valence-electron chi connectivity index (χ2n) is 8.54. The average molecular weight is 415 g/mol. The molecule has 1 aliphatic heterocycles. The number of carbonyl (C=O) groups is 2. The van der Waals surface area contributed by atoms with Crippen molar-refractivity contribution in [2.75, 3.05) is 6.61 Å². The molecule has 2 atom stereocenters. The minimum atomic E-state index is -0.265. The van der Waals surface area contributed by atoms with Crippen LogP contribution in [0, 0.1) is 11.8 Å². The van der Waals surface area contributed by atoms with Gasteiger partial charge in [0.2, 0.25) is 0 Å². The first-order valence-electron chi connectivity index (χ1n) is 11.1. The number of hydrogen-bond donors (Lipinski definition) is 0. The lowest BCUT2D eigenvalue weighted by Gasteiger charge is -2.29. The summed E-state index contributed by atoms with van der Waals surface area (Å²) in [6, 6.07) is 20.1. The van der Waals surface area contributed by atoms with Gasteiger partial charge in [-0.05, 0) is 54.9 Å². The molecule has 2 unspecified atom stereocenters. The molecule has 2 saturated carbocycles. The smallest absolute Gasteiger partial charge is 0.309 e. The van der Waals surface area contributed by atoms with E-state index in [0.717, 1.165) is 48.9 Å². The molecule has 1 amide bonds. The zero-order valence-electron chi connectivity index (χ0n) is 17.4. The Bertz CT molecular complexity index is 1030. The predicted molar refractivity (Wildman–Crippen MR) is 119 cm³/mol. The van der Waals surface area contributed by atoms with E-state index in [9.17, 15) is 9.59 Å². The number of rotatable bonds is 5. The van der Waals surface area contributed by atoms with Gasteiger partial charge in [-0.1, -0.05) is 60.7 Å². The second-order valence-corrected chi connectivity index (χ2v) is 8.54. The highest BCUT2D eigenvalue weighted by Gasteiger charge is 2.44. The van der Waals surface area contributed by atoms with E-state index >= 15 is 0 Å². The highest BCUT2D eigenvalue weighted by Crippen LogP contribution is 2.44. The van der Waals surface area contributed by atoms with E-state index in [2.05, 4.69) is 30.3 Å². The van der Waals surface area contributed by atoms with E-state index < -0.39 is 0 Å². The van der Waals surface area contributed by atoms with Crippen molar-refractivity contribution in [1.82, 2.24) is 5.01 Å². The van der Waals surface area contributed by atoms with E-state index in [1.807, 2.05) is 36.4 Å². The molecule has 5 nitrogen and oxygen atoms in total. The van der Waals surface area contributed by atoms with Crippen molar-refractivity contribution in [1.29, 1.82) is 0 Å². The number of hydrazone groups is 1. The first-order chi connectivity index (χ1) is 15.2. The molecular formula is C26H26N2O3. The van der Waals surface area contributed by atoms with Gasteiger partial charge in [0.25, 0.3) is 5.91 Å². The SMILES string of the molecule is O=C(OCC(=O)N1N=C2C(=Cc3ccccc3)CCCC2C1c1ccccc1)C1CC1. The molecule has 0 bridgehead atoms. The summed E-state index contributed by atoms with van der Waals surface area (Å²) < 4.78 is 5.29. The molecule has 0 aromatic heterocycles. The third-order valence-corrected chi connectivity index (χ3v) is 6.29. The fourth-order valence-corrected chi connectivity index (χ4v) is 4.58. The zero-order valence-corrected chi connectivity index (χ0v) is 17.4. The van der Waals surface area contributed by atoms with Crippen molar-refractivity contribution in [3.05, 3.63) is 77.4 Å². The first-order valence-corrected chi connectivity index (χ1v) is 11.1. The normalized spacial score (nSPS) is 23.9. The summed E-state index contributed by atoms with van der Waals surface area (Å²) in [7, 11) is 0. The van der Waals surface area contributed by atoms with Gasteiger partial charge in [0.15, 0.2) is 6.61 Å². The molecule has 3 aliphatic rings. The minimum absolute atomic E-state index is 0.0226. The molecule has 2 aromatic carbocycles. The summed E-state index contributed by atoms with van der Waals surface area (Å²) in [5.41, 5.74) is 4.38. The van der Waals surface area contributed by atoms with Crippen LogP contribution in [0.3, 0.4) is 0 Å². The first kappa shape index (κ1) is 19.7. The fourth-order valence-electron chi connectivity index (χ4n) is 4.58. The van der Waals surface area contributed by atoms with Crippen molar-refractivity contribution in [2.24, 2.45) is 16.9 Å². The molecule has 2 aromatic rings. The molecule has 0 N–H and O–H groups in total. The maximum Gasteiger partial charge on any atom is 0.309 e. The molecule has 2 aliphatic carbocycles. The third kappa shape index (κ3) is 4.18. The van der Waals surface area contributed by atoms with Crippen LogP contribution in [-0.2, 0) is 14.3 Å². The molecule has 0 saturated heterocycles. The summed E-state index contributed by atoms with van der Waals surface area (Å²) in [5, 5.41) is 6.39. The van der Waals surface area contributed by atoms with Crippen LogP contribution >= 0.6 is 0 Å². The predicted octanol–water partition coefficient (Wildman–Crippen LogP) is 4.76. The summed E-state index contributed by atoms with van der Waals surface area (Å²) in [6.07, 6.45) is 6.90. The summed E-state index contributed by atoms with van der Waals surface area (Å²) in [6.45, 7) is -0.250. The van der Waals surface area contributed by atoms with Crippen LogP contribution in [0.1, 0.15) is 49.3 Å². The minimum Gasteiger partial charge on any atom is -0.455 e. The third-order valence-electron chi connectivity index (χ3n) is 6.29. The second kappa shape index (κ2) is 8.50. The number of nitrogens with zero attached hydrogens (tertiary/aromatic N) is 2. The van der Waals surface area contributed by atoms with Crippen molar-refractivity contribution in [3.63, 3.8) is 0 Å². The molecular weight excluding hydrogens is 388 g/mol. The van der Waals surface area contributed by atoms with E-state index in [-0.39, 0.29) is 36.4 Å². The summed E-state index contributed by atoms with van der Waals surface area (Å²) >= 11 is 0. The Morgan fingerprint density at radius 2 is 1.71 bits per heavy atom. The van der Waals surface area contributed by atoms with E-state index in [0.29, 0.717) is 0 Å². The Labute approximate surface area is 182 Å². The van der Waals surface area contributed by atoms with Gasteiger partial charge >= 0.3 is 5.97 Å². The molecule has 2 fully saturated rings. The summed E-state index contributed by atoms with van der Waals surface area (Å²) in [5.74, 6) is -0.401. The lowest BCUT2D eigenvalue weighted by atomic mass is 9.77. The number of ether oxygens (including phenoxy) is 1. The zero-order chi connectivity index (χ0) is 21.2. The maximum absolute atomic E-state index is 13.1. The summed E-state index contributed by atoms with van der Waals surface area (Å²) in [4.78, 5) is 25.1. The molecule has 158 valence electrons. The Morgan fingerprint density at radius 3 is 2.42 bits per heavy atom. The number of fused-ring (bicyclic) bond motifs is 1. The van der Waals surface area contributed by atoms with Crippen LogP contribution in [-0.4, -0.2) is 29.2 Å². The molecule has 1 heterocycles. The van der Waals surface area contributed by atoms with Gasteiger partial charge in [-0.25, -0.2) is 5.01 Å². The average Bonchev–Trinajstić information content (AvgIpc) is 3.59. The van der Waals surface area contributed by atoms with E-state index in [1.54, 1.807) is 5.01 Å². The van der Waals surface area contributed by atoms with Gasteiger partial charge in [-0.3, -0.25) is 9.59 Å². The van der Waals surface area contributed by atoms with Gasteiger partial charge in [0.05, 0.1) is 17.7 Å². The Hall–Kier alpha value is -3.21. The van der Waals surface area contributed by atoms with Crippen LogP contribution < -0.4 is 0 Å². The molecule has 5 rings (SSSR count). The van der Waals surface area contributed by atoms with E-state index in [4.69, 9.17) is 9.84 Å². The topological polar surface area (TPSA) is 59.0 Å². The van der Waals surface area contributed by atoms with Gasteiger partial charge in [-0.15, -0.1) is 0 Å². The van der Waals surface area contributed by atoms with Crippen LogP contribution in [0.5, 0.6) is 0 Å². The number of amides is 1. The van der Waals surface area contributed by atoms with Crippen molar-refractivity contribution < 1.29 is 14.3 Å². The fraction of sp³-hybridized carbons (Fsp3) is 0.346.